The van der Waals surface area contributed by atoms with Gasteiger partial charge in [0, 0.05) is 0 Å². The summed E-state index contributed by atoms with van der Waals surface area (Å²) < 4.78 is 1.99. The van der Waals surface area contributed by atoms with Gasteiger partial charge in [0.1, 0.15) is 0 Å². The molecule has 0 aromatic carbocycles. The molecular weight excluding hydrogens is 655 g/mol. The van der Waals surface area contributed by atoms with Crippen molar-refractivity contribution in [3.8, 4) is 0 Å². The minimum atomic E-state index is -0.799. The summed E-state index contributed by atoms with van der Waals surface area (Å²) >= 11 is 14.8. The third-order valence-corrected chi connectivity index (χ3v) is 9.97. The molecular formula is C26H50O6S4Sn. The van der Waals surface area contributed by atoms with E-state index in [1.54, 1.807) is 0 Å². The second kappa shape index (κ2) is 29.5. The van der Waals surface area contributed by atoms with Crippen molar-refractivity contribution in [2.24, 2.45) is 11.8 Å². The van der Waals surface area contributed by atoms with Crippen LogP contribution >= 0.6 is 50.5 Å². The summed E-state index contributed by atoms with van der Waals surface area (Å²) in [7, 11) is 0. The van der Waals surface area contributed by atoms with Gasteiger partial charge in [-0.05, 0) is 24.7 Å². The van der Waals surface area contributed by atoms with E-state index in [0.717, 1.165) is 46.4 Å². The molecule has 0 saturated carbocycles. The number of thiol groups is 4. The van der Waals surface area contributed by atoms with Crippen LogP contribution in [0.4, 0.5) is 0 Å². The van der Waals surface area contributed by atoms with E-state index in [2.05, 4.69) is 78.2 Å². The van der Waals surface area contributed by atoms with E-state index in [1.807, 2.05) is 0 Å². The molecule has 0 heterocycles. The molecule has 218 valence electrons. The summed E-state index contributed by atoms with van der Waals surface area (Å²) in [5.41, 5.74) is 0. The van der Waals surface area contributed by atoms with Gasteiger partial charge in [0.25, 0.3) is 0 Å². The van der Waals surface area contributed by atoms with Gasteiger partial charge in [-0.25, -0.2) is 0 Å². The Balaban J connectivity index is -0.000000471. The number of aliphatic carboxylic acids is 2. The molecule has 0 saturated heterocycles. The van der Waals surface area contributed by atoms with Crippen LogP contribution in [-0.4, -0.2) is 64.0 Å². The predicted octanol–water partition coefficient (Wildman–Crippen LogP) is 7.17. The number of carboxylic acids is 2. The molecule has 0 aliphatic rings. The van der Waals surface area contributed by atoms with Crippen LogP contribution in [0.25, 0.3) is 0 Å². The molecule has 2 N–H and O–H groups in total. The Bertz CT molecular complexity index is 556. The summed E-state index contributed by atoms with van der Waals surface area (Å²) in [4.78, 5) is 41.5. The molecule has 0 aromatic heterocycles. The van der Waals surface area contributed by atoms with Gasteiger partial charge in [-0.2, -0.15) is 25.3 Å². The van der Waals surface area contributed by atoms with Crippen LogP contribution in [0.5, 0.6) is 0 Å². The first kappa shape index (κ1) is 42.0. The average molecular weight is 706 g/mol. The number of hydrogen-bond acceptors (Lipinski definition) is 6. The monoisotopic (exact) mass is 706 g/mol. The van der Waals surface area contributed by atoms with Gasteiger partial charge in [0.05, 0.1) is 10.5 Å². The molecule has 0 spiro atoms. The van der Waals surface area contributed by atoms with Gasteiger partial charge in [-0.3, -0.25) is 9.59 Å². The van der Waals surface area contributed by atoms with Crippen LogP contribution < -0.4 is 0 Å². The molecule has 0 bridgehead atoms. The Morgan fingerprint density at radius 2 is 0.892 bits per heavy atom. The standard InChI is InChI=1S/2C10H20O2S.2C3H5OS.Sn/c2*1-8(2)6-4-3-5-7-9(13)10(11)12;2*1-2-3(4)5;/h2*8-9,13H,3-7H2,1-2H3,(H,11,12);2*1-2H2,(H,4,5);. The molecule has 0 aliphatic heterocycles. The number of carboxylic acid groups (broad SMARTS) is 2. The topological polar surface area (TPSA) is 109 Å². The van der Waals surface area contributed by atoms with Gasteiger partial charge >= 0.3 is 99.9 Å². The summed E-state index contributed by atoms with van der Waals surface area (Å²) in [6.07, 6.45) is 11.6. The molecule has 2 unspecified atom stereocenters. The zero-order valence-corrected chi connectivity index (χ0v) is 29.5. The molecule has 0 rings (SSSR count). The van der Waals surface area contributed by atoms with Crippen molar-refractivity contribution in [3.63, 3.8) is 0 Å². The fraction of sp³-hybridized carbons (Fsp3) is 0.846. The molecule has 11 heteroatoms. The molecule has 0 aliphatic carbocycles. The number of carbonyl (C=O) groups is 4. The van der Waals surface area contributed by atoms with Crippen molar-refractivity contribution in [1.82, 2.24) is 0 Å². The van der Waals surface area contributed by atoms with E-state index in [-0.39, 0.29) is 10.2 Å². The van der Waals surface area contributed by atoms with E-state index in [4.69, 9.17) is 10.2 Å². The van der Waals surface area contributed by atoms with Crippen LogP contribution in [0.2, 0.25) is 8.87 Å². The Kier molecular flexibility index (Phi) is 33.4. The number of hydrogen-bond donors (Lipinski definition) is 6. The first-order chi connectivity index (χ1) is 17.2. The van der Waals surface area contributed by atoms with Crippen molar-refractivity contribution in [2.75, 3.05) is 0 Å². The molecule has 37 heavy (non-hydrogen) atoms. The number of carbonyl (C=O) groups excluding carboxylic acids is 2. The van der Waals surface area contributed by atoms with Crippen LogP contribution in [0.1, 0.15) is 105 Å². The van der Waals surface area contributed by atoms with Crippen LogP contribution in [-0.2, 0) is 19.2 Å². The molecule has 6 nitrogen and oxygen atoms in total. The summed E-state index contributed by atoms with van der Waals surface area (Å²) in [5, 5.41) is 16.1. The first-order valence-corrected chi connectivity index (χ1v) is 19.1. The van der Waals surface area contributed by atoms with Crippen molar-refractivity contribution >= 4 is 93.8 Å². The molecule has 2 radical (unpaired) electrons. The fourth-order valence-corrected chi connectivity index (χ4v) is 7.71. The van der Waals surface area contributed by atoms with Crippen molar-refractivity contribution in [2.45, 2.75) is 124 Å². The van der Waals surface area contributed by atoms with Gasteiger partial charge in [0.15, 0.2) is 0 Å². The summed E-state index contributed by atoms with van der Waals surface area (Å²) in [6.45, 7) is 8.83. The Morgan fingerprint density at radius 1 is 0.595 bits per heavy atom. The average Bonchev–Trinajstić information content (AvgIpc) is 2.78. The maximum atomic E-state index is 10.4. The summed E-state index contributed by atoms with van der Waals surface area (Å²) in [5.74, 6) is -0.0862. The molecule has 0 amide bonds. The van der Waals surface area contributed by atoms with E-state index in [0.29, 0.717) is 25.7 Å². The van der Waals surface area contributed by atoms with E-state index in [9.17, 15) is 19.2 Å². The van der Waals surface area contributed by atoms with Crippen LogP contribution in [0.3, 0.4) is 0 Å². The third-order valence-electron chi connectivity index (χ3n) is 5.12. The van der Waals surface area contributed by atoms with Gasteiger partial charge in [0.2, 0.25) is 0 Å². The number of unbranched alkanes of at least 4 members (excludes halogenated alkanes) is 4. The van der Waals surface area contributed by atoms with Crippen LogP contribution in [0, 0.1) is 11.8 Å². The number of rotatable bonds is 20. The molecule has 0 fully saturated rings. The normalized spacial score (nSPS) is 12.2. The first-order valence-electron chi connectivity index (χ1n) is 13.2. The quantitative estimate of drug-likeness (QED) is 0.0456. The van der Waals surface area contributed by atoms with E-state index >= 15 is 0 Å². The predicted molar refractivity (Wildman–Crippen MR) is 169 cm³/mol. The maximum absolute atomic E-state index is 10.4. The van der Waals surface area contributed by atoms with Crippen molar-refractivity contribution in [3.05, 3.63) is 0 Å². The molecule has 0 aromatic rings. The van der Waals surface area contributed by atoms with E-state index in [1.165, 1.54) is 25.7 Å². The third kappa shape index (κ3) is 41.1. The van der Waals surface area contributed by atoms with E-state index < -0.39 is 43.6 Å². The van der Waals surface area contributed by atoms with Crippen molar-refractivity contribution in [1.29, 1.82) is 0 Å². The summed E-state index contributed by atoms with van der Waals surface area (Å²) in [6, 6.07) is 0. The van der Waals surface area contributed by atoms with Gasteiger partial charge in [-0.15, -0.1) is 0 Å². The van der Waals surface area contributed by atoms with Crippen molar-refractivity contribution < 1.29 is 29.4 Å². The minimum absolute atomic E-state index is 0.0388. The zero-order chi connectivity index (χ0) is 29.2. The van der Waals surface area contributed by atoms with Gasteiger partial charge < -0.3 is 10.2 Å². The Labute approximate surface area is 257 Å². The zero-order valence-electron chi connectivity index (χ0n) is 23.0. The molecule has 2 atom stereocenters. The second-order valence-electron chi connectivity index (χ2n) is 9.81. The fourth-order valence-electron chi connectivity index (χ4n) is 2.90. The second-order valence-corrected chi connectivity index (χ2v) is 16.3. The van der Waals surface area contributed by atoms with Crippen LogP contribution in [0.15, 0.2) is 0 Å². The Hall–Kier alpha value is 0.479. The van der Waals surface area contributed by atoms with Gasteiger partial charge in [-0.1, -0.05) is 79.1 Å². The Morgan fingerprint density at radius 3 is 1.14 bits per heavy atom. The SMILES string of the molecule is CC(C)CCCCCC(S)C(=O)O.CC(C)CCCCCC(S)C(=O)O.O=C(S)C[CH2][Sn][CH2]CC(=O)S.